The van der Waals surface area contributed by atoms with Crippen LogP contribution in [0.3, 0.4) is 0 Å². The maximum absolute atomic E-state index is 5.95. The van der Waals surface area contributed by atoms with Gasteiger partial charge in [-0.3, -0.25) is 11.3 Å². The van der Waals surface area contributed by atoms with Crippen LogP contribution in [0.2, 0.25) is 0 Å². The highest BCUT2D eigenvalue weighted by molar-refractivity contribution is 7.05. The molecule has 0 aliphatic carbocycles. The predicted octanol–water partition coefficient (Wildman–Crippen LogP) is 0.628. The van der Waals surface area contributed by atoms with Crippen molar-refractivity contribution in [2.45, 2.75) is 30.9 Å². The molecule has 3 unspecified atom stereocenters. The zero-order valence-electron chi connectivity index (χ0n) is 10.2. The molecule has 1 aromatic heterocycles. The summed E-state index contributed by atoms with van der Waals surface area (Å²) in [6.45, 7) is 2.29. The van der Waals surface area contributed by atoms with Gasteiger partial charge in [0.05, 0.1) is 29.3 Å². The fourth-order valence-corrected chi connectivity index (χ4v) is 3.63. The van der Waals surface area contributed by atoms with E-state index in [4.69, 9.17) is 15.3 Å². The molecule has 3 N–H and O–H groups in total. The summed E-state index contributed by atoms with van der Waals surface area (Å²) in [7, 11) is 0. The number of hydrogen-bond acceptors (Lipinski definition) is 7. The first-order chi connectivity index (χ1) is 8.83. The zero-order valence-corrected chi connectivity index (χ0v) is 11.0. The quantitative estimate of drug-likeness (QED) is 0.619. The smallest absolute Gasteiger partial charge is 0.0940 e. The topological polar surface area (TPSA) is 82.3 Å². The van der Waals surface area contributed by atoms with Crippen molar-refractivity contribution >= 4 is 11.5 Å². The molecule has 3 rings (SSSR count). The van der Waals surface area contributed by atoms with Crippen molar-refractivity contribution in [2.24, 2.45) is 11.8 Å². The van der Waals surface area contributed by atoms with Gasteiger partial charge in [0.2, 0.25) is 0 Å². The number of hydrazine groups is 1. The number of rotatable bonds is 3. The van der Waals surface area contributed by atoms with Crippen molar-refractivity contribution < 1.29 is 9.47 Å². The van der Waals surface area contributed by atoms with Crippen LogP contribution in [0.4, 0.5) is 0 Å². The van der Waals surface area contributed by atoms with Crippen LogP contribution in [-0.2, 0) is 9.47 Å². The van der Waals surface area contributed by atoms with Crippen molar-refractivity contribution in [3.63, 3.8) is 0 Å². The fraction of sp³-hybridized carbons (Fsp3) is 0.818. The standard InChI is InChI=1S/C11H18N4O2S/c12-14-10(9-6-13-15-18-9)8-1-3-17-11(5-8)2-4-16-7-11/h6,8,10,14H,1-5,7,12H2. The molecule has 18 heavy (non-hydrogen) atoms. The number of aromatic nitrogens is 2. The largest absolute Gasteiger partial charge is 0.378 e. The third kappa shape index (κ3) is 2.28. The lowest BCUT2D eigenvalue weighted by atomic mass is 9.81. The van der Waals surface area contributed by atoms with E-state index in [0.717, 1.165) is 37.4 Å². The van der Waals surface area contributed by atoms with Gasteiger partial charge in [-0.15, -0.1) is 5.10 Å². The highest BCUT2D eigenvalue weighted by atomic mass is 32.1. The third-order valence-corrected chi connectivity index (χ3v) is 4.68. The number of hydrogen-bond donors (Lipinski definition) is 2. The molecule has 3 atom stereocenters. The second-order valence-electron chi connectivity index (χ2n) is 5.05. The van der Waals surface area contributed by atoms with E-state index in [1.807, 2.05) is 0 Å². The summed E-state index contributed by atoms with van der Waals surface area (Å²) in [6, 6.07) is 0.117. The predicted molar refractivity (Wildman–Crippen MR) is 66.8 cm³/mol. The molecule has 6 nitrogen and oxygen atoms in total. The van der Waals surface area contributed by atoms with Gasteiger partial charge in [0.25, 0.3) is 0 Å². The second kappa shape index (κ2) is 5.18. The van der Waals surface area contributed by atoms with Crippen LogP contribution in [0.15, 0.2) is 6.20 Å². The summed E-state index contributed by atoms with van der Waals surface area (Å²) in [5.74, 6) is 6.16. The molecule has 0 bridgehead atoms. The van der Waals surface area contributed by atoms with Crippen LogP contribution in [0, 0.1) is 5.92 Å². The molecule has 1 spiro atoms. The highest BCUT2D eigenvalue weighted by Crippen LogP contribution is 2.41. The van der Waals surface area contributed by atoms with Gasteiger partial charge in [0, 0.05) is 19.6 Å². The first kappa shape index (κ1) is 12.4. The molecule has 1 aromatic rings. The summed E-state index contributed by atoms with van der Waals surface area (Å²) in [5.41, 5.74) is 2.83. The van der Waals surface area contributed by atoms with Crippen molar-refractivity contribution in [1.29, 1.82) is 0 Å². The number of nitrogens with one attached hydrogen (secondary N) is 1. The monoisotopic (exact) mass is 270 g/mol. The van der Waals surface area contributed by atoms with Gasteiger partial charge in [0.15, 0.2) is 0 Å². The van der Waals surface area contributed by atoms with E-state index >= 15 is 0 Å². The molecule has 2 saturated heterocycles. The molecule has 3 heterocycles. The molecule has 7 heteroatoms. The van der Waals surface area contributed by atoms with Crippen molar-refractivity contribution in [3.8, 4) is 0 Å². The van der Waals surface area contributed by atoms with Crippen LogP contribution in [-0.4, -0.2) is 35.0 Å². The lowest BCUT2D eigenvalue weighted by molar-refractivity contribution is -0.103. The molecular formula is C11H18N4O2S. The van der Waals surface area contributed by atoms with Gasteiger partial charge in [0.1, 0.15) is 0 Å². The van der Waals surface area contributed by atoms with Gasteiger partial charge < -0.3 is 9.47 Å². The summed E-state index contributed by atoms with van der Waals surface area (Å²) < 4.78 is 15.4. The van der Waals surface area contributed by atoms with Crippen molar-refractivity contribution in [2.75, 3.05) is 19.8 Å². The Morgan fingerprint density at radius 1 is 1.56 bits per heavy atom. The maximum atomic E-state index is 5.95. The van der Waals surface area contributed by atoms with Gasteiger partial charge >= 0.3 is 0 Å². The maximum Gasteiger partial charge on any atom is 0.0940 e. The number of nitrogens with two attached hydrogens (primary N) is 1. The van der Waals surface area contributed by atoms with Crippen LogP contribution < -0.4 is 11.3 Å². The number of nitrogens with zero attached hydrogens (tertiary/aromatic N) is 2. The first-order valence-corrected chi connectivity index (χ1v) is 7.05. The van der Waals surface area contributed by atoms with E-state index in [9.17, 15) is 0 Å². The average molecular weight is 270 g/mol. The lowest BCUT2D eigenvalue weighted by Gasteiger charge is -2.39. The normalized spacial score (nSPS) is 33.9. The molecule has 0 radical (unpaired) electrons. The Labute approximate surface area is 110 Å². The molecule has 2 fully saturated rings. The SMILES string of the molecule is NNC(c1cnns1)C1CCOC2(CCOC2)C1. The van der Waals surface area contributed by atoms with E-state index in [2.05, 4.69) is 15.0 Å². The highest BCUT2D eigenvalue weighted by Gasteiger charge is 2.43. The molecule has 2 aliphatic heterocycles. The lowest BCUT2D eigenvalue weighted by Crippen LogP contribution is -2.45. The van der Waals surface area contributed by atoms with Gasteiger partial charge in [-0.2, -0.15) is 0 Å². The summed E-state index contributed by atoms with van der Waals surface area (Å²) in [5, 5.41) is 3.89. The van der Waals surface area contributed by atoms with Crippen LogP contribution in [0.5, 0.6) is 0 Å². The Hall–Kier alpha value is -0.600. The molecule has 100 valence electrons. The van der Waals surface area contributed by atoms with E-state index in [-0.39, 0.29) is 11.6 Å². The van der Waals surface area contributed by atoms with Crippen LogP contribution in [0.1, 0.15) is 30.2 Å². The molecule has 0 aromatic carbocycles. The zero-order chi connectivity index (χ0) is 12.4. The molecule has 0 saturated carbocycles. The van der Waals surface area contributed by atoms with Gasteiger partial charge in [-0.25, -0.2) is 0 Å². The third-order valence-electron chi connectivity index (χ3n) is 3.93. The van der Waals surface area contributed by atoms with Crippen molar-refractivity contribution in [3.05, 3.63) is 11.1 Å². The minimum Gasteiger partial charge on any atom is -0.378 e. The van der Waals surface area contributed by atoms with E-state index in [1.54, 1.807) is 6.20 Å². The Balaban J connectivity index is 1.74. The average Bonchev–Trinajstić information content (AvgIpc) is 3.03. The Morgan fingerprint density at radius 3 is 3.17 bits per heavy atom. The van der Waals surface area contributed by atoms with Gasteiger partial charge in [-0.05, 0) is 30.3 Å². The summed E-state index contributed by atoms with van der Waals surface area (Å²) >= 11 is 1.40. The minimum atomic E-state index is -0.0872. The Bertz CT molecular complexity index is 380. The van der Waals surface area contributed by atoms with E-state index < -0.39 is 0 Å². The summed E-state index contributed by atoms with van der Waals surface area (Å²) in [4.78, 5) is 1.10. The Kier molecular flexibility index (Phi) is 3.58. The fourth-order valence-electron chi connectivity index (χ4n) is 2.98. The Morgan fingerprint density at radius 2 is 2.50 bits per heavy atom. The van der Waals surface area contributed by atoms with E-state index in [1.165, 1.54) is 11.5 Å². The number of ether oxygens (including phenoxy) is 2. The second-order valence-corrected chi connectivity index (χ2v) is 5.87. The van der Waals surface area contributed by atoms with Crippen molar-refractivity contribution in [1.82, 2.24) is 15.0 Å². The molecule has 2 aliphatic rings. The van der Waals surface area contributed by atoms with Gasteiger partial charge in [-0.1, -0.05) is 4.49 Å². The van der Waals surface area contributed by atoms with E-state index in [0.29, 0.717) is 12.5 Å². The molecule has 0 amide bonds. The van der Waals surface area contributed by atoms with Crippen LogP contribution in [0.25, 0.3) is 0 Å². The minimum absolute atomic E-state index is 0.0872. The summed E-state index contributed by atoms with van der Waals surface area (Å²) in [6.07, 6.45) is 4.78. The van der Waals surface area contributed by atoms with Crippen LogP contribution >= 0.6 is 11.5 Å². The first-order valence-electron chi connectivity index (χ1n) is 6.28. The molecular weight excluding hydrogens is 252 g/mol.